The predicted octanol–water partition coefficient (Wildman–Crippen LogP) is 5.09. The molecule has 3 aromatic carbocycles. The van der Waals surface area contributed by atoms with E-state index in [-0.39, 0.29) is 42.3 Å². The third kappa shape index (κ3) is 4.79. The summed E-state index contributed by atoms with van der Waals surface area (Å²) >= 11 is 0. The normalized spacial score (nSPS) is 22.5. The SMILES string of the molecule is O=C(Nc1ccc(F)cc1)N1CCCCN2[C@@H](CO)[C@@H](c3ccc(-c4ccccc4F)cc3)[C@@H]2C1. The van der Waals surface area contributed by atoms with Crippen LogP contribution >= 0.6 is 0 Å². The lowest BCUT2D eigenvalue weighted by Crippen LogP contribution is -2.68. The number of hydrogen-bond donors (Lipinski definition) is 2. The van der Waals surface area contributed by atoms with E-state index in [4.69, 9.17) is 0 Å². The van der Waals surface area contributed by atoms with Crippen LogP contribution in [0.1, 0.15) is 24.3 Å². The smallest absolute Gasteiger partial charge is 0.321 e. The number of urea groups is 1. The molecule has 2 fully saturated rings. The molecular formula is C28H29F2N3O2. The summed E-state index contributed by atoms with van der Waals surface area (Å²) in [6.45, 7) is 2.09. The molecule has 2 aliphatic rings. The maximum Gasteiger partial charge on any atom is 0.321 e. The van der Waals surface area contributed by atoms with Crippen LogP contribution < -0.4 is 5.32 Å². The van der Waals surface area contributed by atoms with E-state index in [0.717, 1.165) is 30.5 Å². The molecule has 0 unspecified atom stereocenters. The van der Waals surface area contributed by atoms with Gasteiger partial charge >= 0.3 is 6.03 Å². The van der Waals surface area contributed by atoms with Crippen LogP contribution in [-0.4, -0.2) is 59.3 Å². The van der Waals surface area contributed by atoms with Gasteiger partial charge in [0.1, 0.15) is 11.6 Å². The Hall–Kier alpha value is -3.29. The summed E-state index contributed by atoms with van der Waals surface area (Å²) < 4.78 is 27.5. The van der Waals surface area contributed by atoms with E-state index in [0.29, 0.717) is 24.3 Å². The zero-order valence-electron chi connectivity index (χ0n) is 19.4. The molecule has 7 heteroatoms. The lowest BCUT2D eigenvalue weighted by molar-refractivity contribution is -0.0585. The Morgan fingerprint density at radius 3 is 2.37 bits per heavy atom. The fourth-order valence-corrected chi connectivity index (χ4v) is 5.44. The number of benzene rings is 3. The standard InChI is InChI=1S/C28H29F2N3O2/c29-21-11-13-22(14-12-21)31-28(35)32-15-3-4-16-33-25(17-32)27(26(33)18-34)20-9-7-19(8-10-20)23-5-1-2-6-24(23)30/h1-2,5-14,25-27,34H,3-4,15-18H2,(H,31,35)/t25-,26-,27-/m0/s1. The number of fused-ring (bicyclic) bond motifs is 1. The van der Waals surface area contributed by atoms with Crippen LogP contribution in [-0.2, 0) is 0 Å². The summed E-state index contributed by atoms with van der Waals surface area (Å²) in [4.78, 5) is 17.2. The number of carbonyl (C=O) groups is 1. The van der Waals surface area contributed by atoms with Crippen molar-refractivity contribution in [2.75, 3.05) is 31.6 Å². The van der Waals surface area contributed by atoms with Gasteiger partial charge in [0, 0.05) is 42.3 Å². The van der Waals surface area contributed by atoms with Crippen LogP contribution in [0.5, 0.6) is 0 Å². The molecule has 0 spiro atoms. The van der Waals surface area contributed by atoms with E-state index in [1.165, 1.54) is 18.2 Å². The summed E-state index contributed by atoms with van der Waals surface area (Å²) in [5.41, 5.74) is 2.99. The first-order valence-electron chi connectivity index (χ1n) is 12.1. The van der Waals surface area contributed by atoms with Gasteiger partial charge in [0.05, 0.1) is 6.61 Å². The monoisotopic (exact) mass is 477 g/mol. The van der Waals surface area contributed by atoms with Gasteiger partial charge in [-0.05, 0) is 60.8 Å². The van der Waals surface area contributed by atoms with Crippen molar-refractivity contribution in [2.24, 2.45) is 0 Å². The van der Waals surface area contributed by atoms with Crippen LogP contribution in [0, 0.1) is 11.6 Å². The van der Waals surface area contributed by atoms with Gasteiger partial charge in [-0.15, -0.1) is 0 Å². The molecule has 0 aliphatic carbocycles. The number of amides is 2. The molecular weight excluding hydrogens is 448 g/mol. The highest BCUT2D eigenvalue weighted by Gasteiger charge is 2.49. The molecule has 5 nitrogen and oxygen atoms in total. The van der Waals surface area contributed by atoms with Gasteiger partial charge in [0.25, 0.3) is 0 Å². The zero-order valence-corrected chi connectivity index (χ0v) is 19.4. The van der Waals surface area contributed by atoms with Crippen molar-refractivity contribution < 1.29 is 18.7 Å². The van der Waals surface area contributed by atoms with Crippen molar-refractivity contribution in [3.63, 3.8) is 0 Å². The fourth-order valence-electron chi connectivity index (χ4n) is 5.44. The van der Waals surface area contributed by atoms with Crippen molar-refractivity contribution >= 4 is 11.7 Å². The lowest BCUT2D eigenvalue weighted by Gasteiger charge is -2.57. The second-order valence-electron chi connectivity index (χ2n) is 9.27. The molecule has 0 bridgehead atoms. The quantitative estimate of drug-likeness (QED) is 0.551. The average Bonchev–Trinajstić information content (AvgIpc) is 2.85. The third-order valence-electron chi connectivity index (χ3n) is 7.23. The molecule has 2 saturated heterocycles. The minimum atomic E-state index is -0.349. The first-order valence-corrected chi connectivity index (χ1v) is 12.1. The van der Waals surface area contributed by atoms with Crippen LogP contribution in [0.25, 0.3) is 11.1 Å². The number of hydrogen-bond acceptors (Lipinski definition) is 3. The number of aliphatic hydroxyl groups is 1. The van der Waals surface area contributed by atoms with Gasteiger partial charge in [0.15, 0.2) is 0 Å². The van der Waals surface area contributed by atoms with E-state index in [2.05, 4.69) is 10.2 Å². The molecule has 2 amide bonds. The van der Waals surface area contributed by atoms with Crippen LogP contribution in [0.3, 0.4) is 0 Å². The number of halogens is 2. The molecule has 182 valence electrons. The van der Waals surface area contributed by atoms with Gasteiger partial charge in [-0.2, -0.15) is 0 Å². The van der Waals surface area contributed by atoms with Crippen molar-refractivity contribution in [1.29, 1.82) is 0 Å². The zero-order chi connectivity index (χ0) is 24.4. The molecule has 0 saturated carbocycles. The number of carbonyl (C=O) groups excluding carboxylic acids is 1. The molecule has 2 N–H and O–H groups in total. The predicted molar refractivity (Wildman–Crippen MR) is 132 cm³/mol. The lowest BCUT2D eigenvalue weighted by atomic mass is 9.74. The van der Waals surface area contributed by atoms with Crippen molar-refractivity contribution in [1.82, 2.24) is 9.80 Å². The Morgan fingerprint density at radius 1 is 0.943 bits per heavy atom. The maximum absolute atomic E-state index is 14.2. The highest BCUT2D eigenvalue weighted by atomic mass is 19.1. The molecule has 0 radical (unpaired) electrons. The van der Waals surface area contributed by atoms with E-state index in [9.17, 15) is 18.7 Å². The summed E-state index contributed by atoms with van der Waals surface area (Å²) in [5.74, 6) is -0.543. The molecule has 3 atom stereocenters. The Balaban J connectivity index is 1.35. The fraction of sp³-hybridized carbons (Fsp3) is 0.321. The first-order chi connectivity index (χ1) is 17.0. The summed E-state index contributed by atoms with van der Waals surface area (Å²) in [6.07, 6.45) is 1.81. The molecule has 0 aromatic heterocycles. The molecule has 2 aliphatic heterocycles. The minimum Gasteiger partial charge on any atom is -0.395 e. The van der Waals surface area contributed by atoms with E-state index in [1.54, 1.807) is 24.3 Å². The van der Waals surface area contributed by atoms with Crippen LogP contribution in [0.4, 0.5) is 19.3 Å². The average molecular weight is 478 g/mol. The van der Waals surface area contributed by atoms with Crippen molar-refractivity contribution in [3.05, 3.63) is 90.0 Å². The van der Waals surface area contributed by atoms with Gasteiger partial charge in [-0.1, -0.05) is 42.5 Å². The van der Waals surface area contributed by atoms with E-state index < -0.39 is 0 Å². The highest BCUT2D eigenvalue weighted by molar-refractivity contribution is 5.89. The highest BCUT2D eigenvalue weighted by Crippen LogP contribution is 2.42. The van der Waals surface area contributed by atoms with Crippen LogP contribution in [0.15, 0.2) is 72.8 Å². The number of rotatable bonds is 4. The number of nitrogens with zero attached hydrogens (tertiary/aromatic N) is 2. The molecule has 5 rings (SSSR count). The van der Waals surface area contributed by atoms with Crippen LogP contribution in [0.2, 0.25) is 0 Å². The largest absolute Gasteiger partial charge is 0.395 e. The van der Waals surface area contributed by atoms with E-state index in [1.807, 2.05) is 35.2 Å². The van der Waals surface area contributed by atoms with Gasteiger partial charge < -0.3 is 15.3 Å². The number of nitrogens with one attached hydrogen (secondary N) is 1. The molecule has 35 heavy (non-hydrogen) atoms. The van der Waals surface area contributed by atoms with E-state index >= 15 is 0 Å². The van der Waals surface area contributed by atoms with Gasteiger partial charge in [0.2, 0.25) is 0 Å². The number of anilines is 1. The van der Waals surface area contributed by atoms with Gasteiger partial charge in [-0.25, -0.2) is 13.6 Å². The Labute approximate surface area is 204 Å². The summed E-state index contributed by atoms with van der Waals surface area (Å²) in [5, 5.41) is 13.0. The van der Waals surface area contributed by atoms with Gasteiger partial charge in [-0.3, -0.25) is 4.90 Å². The Kier molecular flexibility index (Phi) is 6.79. The maximum atomic E-state index is 14.2. The first kappa shape index (κ1) is 23.5. The minimum absolute atomic E-state index is 0.0144. The summed E-state index contributed by atoms with van der Waals surface area (Å²) in [7, 11) is 0. The topological polar surface area (TPSA) is 55.8 Å². The summed E-state index contributed by atoms with van der Waals surface area (Å²) in [6, 6.07) is 20.2. The molecule has 3 aromatic rings. The van der Waals surface area contributed by atoms with Crippen molar-refractivity contribution in [3.8, 4) is 11.1 Å². The number of aliphatic hydroxyl groups excluding tert-OH is 1. The van der Waals surface area contributed by atoms with Crippen molar-refractivity contribution in [2.45, 2.75) is 30.8 Å². The Morgan fingerprint density at radius 2 is 1.66 bits per heavy atom. The second kappa shape index (κ2) is 10.1. The third-order valence-corrected chi connectivity index (χ3v) is 7.23. The Bertz CT molecular complexity index is 1170. The second-order valence-corrected chi connectivity index (χ2v) is 9.27. The molecule has 2 heterocycles.